The van der Waals surface area contributed by atoms with Gasteiger partial charge in [-0.1, -0.05) is 32.6 Å². The van der Waals surface area contributed by atoms with Crippen LogP contribution in [-0.4, -0.2) is 29.9 Å². The lowest BCUT2D eigenvalue weighted by Crippen LogP contribution is -2.20. The van der Waals surface area contributed by atoms with Crippen molar-refractivity contribution in [3.8, 4) is 0 Å². The van der Waals surface area contributed by atoms with Gasteiger partial charge >= 0.3 is 0 Å². The van der Waals surface area contributed by atoms with Crippen LogP contribution in [0.15, 0.2) is 36.1 Å². The molecule has 3 N–H and O–H groups in total. The van der Waals surface area contributed by atoms with Crippen LogP contribution < -0.4 is 5.32 Å². The maximum absolute atomic E-state index is 9.43. The van der Waals surface area contributed by atoms with E-state index in [-0.39, 0.29) is 12.4 Å². The van der Waals surface area contributed by atoms with Gasteiger partial charge in [0.2, 0.25) is 0 Å². The van der Waals surface area contributed by atoms with Gasteiger partial charge in [0.25, 0.3) is 0 Å². The Balaban J connectivity index is 0. The van der Waals surface area contributed by atoms with Gasteiger partial charge in [-0.2, -0.15) is 0 Å². The zero-order valence-corrected chi connectivity index (χ0v) is 9.95. The van der Waals surface area contributed by atoms with Crippen LogP contribution >= 0.6 is 0 Å². The summed E-state index contributed by atoms with van der Waals surface area (Å²) in [5.74, 6) is 0.211. The fraction of sp³-hybridized carbons (Fsp3) is 0.500. The second-order valence-corrected chi connectivity index (χ2v) is 2.51. The second-order valence-electron chi connectivity index (χ2n) is 2.51. The monoisotopic (exact) mass is 213 g/mol. The Hall–Kier alpha value is -1.06. The molecule has 0 aromatic carbocycles. The summed E-state index contributed by atoms with van der Waals surface area (Å²) in [6, 6.07) is 0. The molecular weight excluding hydrogens is 190 g/mol. The number of hydrogen-bond acceptors (Lipinski definition) is 3. The Morgan fingerprint density at radius 1 is 1.40 bits per heavy atom. The highest BCUT2D eigenvalue weighted by Crippen LogP contribution is 2.02. The predicted octanol–water partition coefficient (Wildman–Crippen LogP) is 2.17. The lowest BCUT2D eigenvalue weighted by molar-refractivity contribution is 0.294. The van der Waals surface area contributed by atoms with Gasteiger partial charge in [0.05, 0.1) is 6.61 Å². The summed E-state index contributed by atoms with van der Waals surface area (Å²) in [4.78, 5) is 0. The van der Waals surface area contributed by atoms with Crippen LogP contribution in [0.4, 0.5) is 0 Å². The zero-order chi connectivity index (χ0) is 12.1. The molecule has 0 aromatic rings. The Bertz CT molecular complexity index is 208. The maximum Gasteiger partial charge on any atom is 0.119 e. The maximum atomic E-state index is 9.43. The van der Waals surface area contributed by atoms with E-state index in [1.807, 2.05) is 20.8 Å². The summed E-state index contributed by atoms with van der Waals surface area (Å²) < 4.78 is 0. The zero-order valence-electron chi connectivity index (χ0n) is 9.95. The van der Waals surface area contributed by atoms with Gasteiger partial charge in [-0.15, -0.1) is 0 Å². The van der Waals surface area contributed by atoms with Crippen LogP contribution in [0, 0.1) is 0 Å². The smallest absolute Gasteiger partial charge is 0.119 e. The molecule has 88 valence electrons. The summed E-state index contributed by atoms with van der Waals surface area (Å²) in [5.41, 5.74) is 0.728. The summed E-state index contributed by atoms with van der Waals surface area (Å²) in [7, 11) is 0. The first kappa shape index (κ1) is 16.4. The summed E-state index contributed by atoms with van der Waals surface area (Å²) in [6.45, 7) is 10.5. The normalized spacial score (nSPS) is 11.7. The summed E-state index contributed by atoms with van der Waals surface area (Å²) in [6.07, 6.45) is 4.96. The first-order chi connectivity index (χ1) is 7.26. The first-order valence-electron chi connectivity index (χ1n) is 5.25. The van der Waals surface area contributed by atoms with E-state index in [1.54, 1.807) is 18.2 Å². The minimum atomic E-state index is 0.0921. The molecule has 3 nitrogen and oxygen atoms in total. The minimum absolute atomic E-state index is 0.0921. The van der Waals surface area contributed by atoms with E-state index in [0.29, 0.717) is 13.1 Å². The fourth-order valence-electron chi connectivity index (χ4n) is 0.834. The molecule has 0 rings (SSSR count). The molecule has 0 unspecified atom stereocenters. The number of aliphatic hydroxyl groups is 2. The Labute approximate surface area is 92.8 Å². The Kier molecular flexibility index (Phi) is 14.1. The van der Waals surface area contributed by atoms with Crippen LogP contribution in [-0.2, 0) is 0 Å². The van der Waals surface area contributed by atoms with Crippen molar-refractivity contribution in [3.05, 3.63) is 36.1 Å². The number of hydrogen-bond donors (Lipinski definition) is 3. The Morgan fingerprint density at radius 3 is 2.40 bits per heavy atom. The van der Waals surface area contributed by atoms with Gasteiger partial charge in [-0.3, -0.25) is 0 Å². The molecule has 0 spiro atoms. The van der Waals surface area contributed by atoms with Gasteiger partial charge in [-0.05, 0) is 13.0 Å². The van der Waals surface area contributed by atoms with Crippen molar-refractivity contribution in [3.63, 3.8) is 0 Å². The van der Waals surface area contributed by atoms with Crippen molar-refractivity contribution in [2.24, 2.45) is 0 Å². The van der Waals surface area contributed by atoms with Gasteiger partial charge in [0.1, 0.15) is 5.76 Å². The molecule has 0 fully saturated rings. The largest absolute Gasteiger partial charge is 0.508 e. The highest BCUT2D eigenvalue weighted by Gasteiger charge is 1.97. The molecule has 0 saturated carbocycles. The molecule has 0 saturated heterocycles. The highest BCUT2D eigenvalue weighted by molar-refractivity contribution is 5.28. The SMILES string of the molecule is C=C/C(CNCCO)=C(O)\C=C/C.CC. The van der Waals surface area contributed by atoms with E-state index in [2.05, 4.69) is 11.9 Å². The molecule has 0 aliphatic carbocycles. The molecule has 0 aliphatic rings. The van der Waals surface area contributed by atoms with Crippen molar-refractivity contribution in [2.75, 3.05) is 19.7 Å². The molecule has 0 aromatic heterocycles. The van der Waals surface area contributed by atoms with Crippen molar-refractivity contribution in [2.45, 2.75) is 20.8 Å². The van der Waals surface area contributed by atoms with Gasteiger partial charge in [0.15, 0.2) is 0 Å². The molecule has 3 heteroatoms. The first-order valence-corrected chi connectivity index (χ1v) is 5.25. The van der Waals surface area contributed by atoms with E-state index in [9.17, 15) is 5.11 Å². The lowest BCUT2D eigenvalue weighted by Gasteiger charge is -2.04. The highest BCUT2D eigenvalue weighted by atomic mass is 16.3. The van der Waals surface area contributed by atoms with Gasteiger partial charge in [-0.25, -0.2) is 0 Å². The number of nitrogens with one attached hydrogen (secondary N) is 1. The summed E-state index contributed by atoms with van der Waals surface area (Å²) >= 11 is 0. The minimum Gasteiger partial charge on any atom is -0.508 e. The Morgan fingerprint density at radius 2 is 2.00 bits per heavy atom. The van der Waals surface area contributed by atoms with Gasteiger partial charge in [0, 0.05) is 18.7 Å². The van der Waals surface area contributed by atoms with E-state index < -0.39 is 0 Å². The molecule has 0 aliphatic heterocycles. The van der Waals surface area contributed by atoms with Crippen molar-refractivity contribution in [1.29, 1.82) is 0 Å². The number of rotatable bonds is 6. The molecular formula is C12H23NO2. The topological polar surface area (TPSA) is 52.5 Å². The van der Waals surface area contributed by atoms with Crippen molar-refractivity contribution >= 4 is 0 Å². The van der Waals surface area contributed by atoms with E-state index in [4.69, 9.17) is 5.11 Å². The number of allylic oxidation sites excluding steroid dienone is 2. The third-order valence-corrected chi connectivity index (χ3v) is 1.50. The van der Waals surface area contributed by atoms with Crippen molar-refractivity contribution in [1.82, 2.24) is 5.32 Å². The fourth-order valence-corrected chi connectivity index (χ4v) is 0.834. The van der Waals surface area contributed by atoms with E-state index in [1.165, 1.54) is 0 Å². The lowest BCUT2D eigenvalue weighted by atomic mass is 10.2. The van der Waals surface area contributed by atoms with Gasteiger partial charge < -0.3 is 15.5 Å². The molecule has 0 heterocycles. The average molecular weight is 213 g/mol. The summed E-state index contributed by atoms with van der Waals surface area (Å²) in [5, 5.41) is 20.9. The van der Waals surface area contributed by atoms with Crippen LogP contribution in [0.1, 0.15) is 20.8 Å². The van der Waals surface area contributed by atoms with E-state index >= 15 is 0 Å². The number of aliphatic hydroxyl groups excluding tert-OH is 2. The van der Waals surface area contributed by atoms with E-state index in [0.717, 1.165) is 5.57 Å². The molecule has 0 bridgehead atoms. The van der Waals surface area contributed by atoms with Crippen LogP contribution in [0.25, 0.3) is 0 Å². The third-order valence-electron chi connectivity index (χ3n) is 1.50. The molecule has 15 heavy (non-hydrogen) atoms. The second kappa shape index (κ2) is 12.9. The molecule has 0 atom stereocenters. The van der Waals surface area contributed by atoms with Crippen molar-refractivity contribution < 1.29 is 10.2 Å². The quantitative estimate of drug-likeness (QED) is 0.360. The average Bonchev–Trinajstić information content (AvgIpc) is 2.27. The molecule has 0 amide bonds. The van der Waals surface area contributed by atoms with Crippen LogP contribution in [0.3, 0.4) is 0 Å². The van der Waals surface area contributed by atoms with Crippen LogP contribution in [0.5, 0.6) is 0 Å². The standard InChI is InChI=1S/C10H17NO2.C2H6/c1-3-5-10(13)9(4-2)8-11-6-7-12;1-2/h3-5,11-13H,2,6-8H2,1H3;1-2H3/b5-3-,10-9-;. The van der Waals surface area contributed by atoms with Crippen LogP contribution in [0.2, 0.25) is 0 Å². The molecule has 0 radical (unpaired) electrons. The third kappa shape index (κ3) is 9.25. The predicted molar refractivity (Wildman–Crippen MR) is 66.0 cm³/mol.